The number of hydrogen-bond donors (Lipinski definition) is 1. The van der Waals surface area contributed by atoms with Crippen LogP contribution >= 0.6 is 66.8 Å². The summed E-state index contributed by atoms with van der Waals surface area (Å²) >= 11 is 19.5. The molecule has 0 unspecified atom stereocenters. The molecule has 1 N–H and O–H groups in total. The predicted octanol–water partition coefficient (Wildman–Crippen LogP) is 6.86. The highest BCUT2D eigenvalue weighted by molar-refractivity contribution is 9.13. The third-order valence-corrected chi connectivity index (χ3v) is 7.62. The van der Waals surface area contributed by atoms with Crippen molar-refractivity contribution in [2.45, 2.75) is 13.5 Å². The Balaban J connectivity index is 1.93. The van der Waals surface area contributed by atoms with Crippen molar-refractivity contribution in [2.24, 2.45) is 0 Å². The monoisotopic (exact) mass is 579 g/mol. The fourth-order valence-corrected chi connectivity index (χ4v) is 4.58. The van der Waals surface area contributed by atoms with Gasteiger partial charge in [0.2, 0.25) is 0 Å². The molecular weight excluding hydrogens is 569 g/mol. The van der Waals surface area contributed by atoms with E-state index >= 15 is 0 Å². The molecule has 2 amide bonds. The first kappa shape index (κ1) is 22.5. The minimum atomic E-state index is -0.463. The van der Waals surface area contributed by atoms with E-state index in [0.717, 1.165) is 16.7 Å². The molecule has 0 bridgehead atoms. The lowest BCUT2D eigenvalue weighted by atomic mass is 10.1. The number of amides is 2. The van der Waals surface area contributed by atoms with Gasteiger partial charge in [0, 0.05) is 14.5 Å². The van der Waals surface area contributed by atoms with Crippen LogP contribution in [-0.4, -0.2) is 27.8 Å². The number of phenolic OH excluding ortho intramolecular Hbond substituents is 1. The fraction of sp³-hybridized carbons (Fsp3) is 0.158. The molecule has 29 heavy (non-hydrogen) atoms. The van der Waals surface area contributed by atoms with Crippen LogP contribution in [0.3, 0.4) is 0 Å². The van der Waals surface area contributed by atoms with Crippen molar-refractivity contribution < 1.29 is 19.4 Å². The second-order valence-electron chi connectivity index (χ2n) is 5.88. The third kappa shape index (κ3) is 4.77. The van der Waals surface area contributed by atoms with Gasteiger partial charge >= 0.3 is 0 Å². The van der Waals surface area contributed by atoms with Crippen LogP contribution in [0.4, 0.5) is 4.79 Å². The number of rotatable bonds is 5. The minimum absolute atomic E-state index is 0.0642. The molecule has 0 atom stereocenters. The zero-order valence-electron chi connectivity index (χ0n) is 14.8. The Labute approximate surface area is 198 Å². The van der Waals surface area contributed by atoms with Gasteiger partial charge in [-0.05, 0) is 80.4 Å². The number of phenols is 1. The van der Waals surface area contributed by atoms with Gasteiger partial charge in [0.05, 0.1) is 28.1 Å². The predicted molar refractivity (Wildman–Crippen MR) is 123 cm³/mol. The lowest BCUT2D eigenvalue weighted by molar-refractivity contribution is -0.123. The number of thioether (sulfide) groups is 1. The maximum absolute atomic E-state index is 12.8. The Bertz CT molecular complexity index is 1050. The number of carbonyl (C=O) groups is 2. The van der Waals surface area contributed by atoms with E-state index < -0.39 is 11.1 Å². The molecule has 0 aliphatic carbocycles. The van der Waals surface area contributed by atoms with Gasteiger partial charge in [-0.15, -0.1) is 0 Å². The number of aromatic hydroxyl groups is 1. The molecule has 1 aliphatic heterocycles. The van der Waals surface area contributed by atoms with Crippen LogP contribution in [0.1, 0.15) is 18.1 Å². The van der Waals surface area contributed by atoms with E-state index in [-0.39, 0.29) is 22.9 Å². The van der Waals surface area contributed by atoms with Crippen LogP contribution in [0.5, 0.6) is 11.5 Å². The Kier molecular flexibility index (Phi) is 7.22. The second kappa shape index (κ2) is 9.31. The van der Waals surface area contributed by atoms with Gasteiger partial charge in [0.25, 0.3) is 11.1 Å². The van der Waals surface area contributed by atoms with Crippen molar-refractivity contribution in [3.05, 3.63) is 59.3 Å². The normalized spacial score (nSPS) is 15.5. The molecule has 1 aliphatic rings. The molecule has 10 heteroatoms. The zero-order chi connectivity index (χ0) is 21.3. The van der Waals surface area contributed by atoms with E-state index in [4.69, 9.17) is 27.9 Å². The maximum atomic E-state index is 12.8. The molecule has 5 nitrogen and oxygen atoms in total. The Morgan fingerprint density at radius 3 is 2.59 bits per heavy atom. The van der Waals surface area contributed by atoms with Crippen LogP contribution in [0.25, 0.3) is 6.08 Å². The lowest BCUT2D eigenvalue weighted by Gasteiger charge is -2.13. The van der Waals surface area contributed by atoms with E-state index in [1.807, 2.05) is 0 Å². The second-order valence-corrected chi connectivity index (χ2v) is 9.34. The summed E-state index contributed by atoms with van der Waals surface area (Å²) in [6, 6.07) is 6.55. The van der Waals surface area contributed by atoms with Gasteiger partial charge < -0.3 is 9.84 Å². The molecule has 2 aromatic carbocycles. The highest BCUT2D eigenvalue weighted by Crippen LogP contribution is 2.44. The van der Waals surface area contributed by atoms with Crippen LogP contribution in [0.15, 0.2) is 38.1 Å². The van der Waals surface area contributed by atoms with Gasteiger partial charge in [-0.25, -0.2) is 0 Å². The highest BCUT2D eigenvalue weighted by Gasteiger charge is 2.35. The van der Waals surface area contributed by atoms with Gasteiger partial charge in [0.1, 0.15) is 0 Å². The quantitative estimate of drug-likeness (QED) is 0.391. The average Bonchev–Trinajstić information content (AvgIpc) is 2.93. The molecular formula is C19H13Br2Cl2NO4S. The maximum Gasteiger partial charge on any atom is 0.293 e. The standard InChI is InChI=1S/C19H13Br2Cl2NO4S/c1-2-28-14-7-11(20)16(21)10(17(14)25)6-15-18(26)24(19(27)29-15)8-9-3-4-12(22)13(23)5-9/h3-7,25H,2,8H2,1H3/b15-6-. The number of hydrogen-bond acceptors (Lipinski definition) is 5. The lowest BCUT2D eigenvalue weighted by Crippen LogP contribution is -2.27. The average molecular weight is 582 g/mol. The zero-order valence-corrected chi connectivity index (χ0v) is 20.3. The third-order valence-electron chi connectivity index (χ3n) is 3.97. The summed E-state index contributed by atoms with van der Waals surface area (Å²) in [6.07, 6.45) is 1.46. The first-order valence-electron chi connectivity index (χ1n) is 8.26. The molecule has 0 saturated carbocycles. The molecule has 2 aromatic rings. The Morgan fingerprint density at radius 2 is 1.93 bits per heavy atom. The van der Waals surface area contributed by atoms with Crippen molar-refractivity contribution in [3.8, 4) is 11.5 Å². The molecule has 152 valence electrons. The van der Waals surface area contributed by atoms with E-state index in [1.165, 1.54) is 6.08 Å². The number of carbonyl (C=O) groups excluding carboxylic acids is 2. The van der Waals surface area contributed by atoms with Crippen molar-refractivity contribution in [2.75, 3.05) is 6.61 Å². The van der Waals surface area contributed by atoms with Gasteiger partial charge in [-0.1, -0.05) is 29.3 Å². The van der Waals surface area contributed by atoms with Gasteiger partial charge in [-0.2, -0.15) is 0 Å². The molecule has 1 saturated heterocycles. The number of halogens is 4. The van der Waals surface area contributed by atoms with Crippen molar-refractivity contribution in [3.63, 3.8) is 0 Å². The number of nitrogens with zero attached hydrogens (tertiary/aromatic N) is 1. The number of imide groups is 1. The summed E-state index contributed by atoms with van der Waals surface area (Å²) in [5.41, 5.74) is 1.01. The molecule has 1 heterocycles. The molecule has 0 radical (unpaired) electrons. The minimum Gasteiger partial charge on any atom is -0.504 e. The molecule has 0 spiro atoms. The Hall–Kier alpha value is -1.19. The van der Waals surface area contributed by atoms with Crippen LogP contribution in [0.2, 0.25) is 10.0 Å². The summed E-state index contributed by atoms with van der Waals surface area (Å²) in [7, 11) is 0. The fourth-order valence-electron chi connectivity index (χ4n) is 2.60. The largest absolute Gasteiger partial charge is 0.504 e. The molecule has 0 aromatic heterocycles. The Morgan fingerprint density at radius 1 is 1.21 bits per heavy atom. The first-order chi connectivity index (χ1) is 13.7. The van der Waals surface area contributed by atoms with Crippen molar-refractivity contribution >= 4 is 84.0 Å². The van der Waals surface area contributed by atoms with Crippen LogP contribution in [0, 0.1) is 0 Å². The first-order valence-corrected chi connectivity index (χ1v) is 11.4. The topological polar surface area (TPSA) is 66.8 Å². The SMILES string of the molecule is CCOc1cc(Br)c(Br)c(/C=C2\SC(=O)N(Cc3ccc(Cl)c(Cl)c3)C2=O)c1O. The number of benzene rings is 2. The summed E-state index contributed by atoms with van der Waals surface area (Å²) < 4.78 is 6.60. The van der Waals surface area contributed by atoms with Crippen LogP contribution < -0.4 is 4.74 Å². The summed E-state index contributed by atoms with van der Waals surface area (Å²) in [4.78, 5) is 26.5. The molecule has 1 fully saturated rings. The highest BCUT2D eigenvalue weighted by atomic mass is 79.9. The molecule has 3 rings (SSSR count). The van der Waals surface area contributed by atoms with E-state index in [0.29, 0.717) is 36.7 Å². The van der Waals surface area contributed by atoms with Crippen molar-refractivity contribution in [1.29, 1.82) is 0 Å². The van der Waals surface area contributed by atoms with E-state index in [2.05, 4.69) is 31.9 Å². The number of ether oxygens (including phenoxy) is 1. The van der Waals surface area contributed by atoms with Gasteiger partial charge in [0.15, 0.2) is 11.5 Å². The van der Waals surface area contributed by atoms with Crippen LogP contribution in [-0.2, 0) is 11.3 Å². The van der Waals surface area contributed by atoms with E-state index in [1.54, 1.807) is 31.2 Å². The summed E-state index contributed by atoms with van der Waals surface area (Å²) in [6.45, 7) is 2.22. The summed E-state index contributed by atoms with van der Waals surface area (Å²) in [5, 5.41) is 10.9. The van der Waals surface area contributed by atoms with Gasteiger partial charge in [-0.3, -0.25) is 14.5 Å². The van der Waals surface area contributed by atoms with E-state index in [9.17, 15) is 14.7 Å². The smallest absolute Gasteiger partial charge is 0.293 e. The van der Waals surface area contributed by atoms with Crippen molar-refractivity contribution in [1.82, 2.24) is 4.90 Å². The summed E-state index contributed by atoms with van der Waals surface area (Å²) in [5.74, 6) is -0.322.